The molecule has 1 fully saturated rings. The van der Waals surface area contributed by atoms with E-state index >= 15 is 0 Å². The Labute approximate surface area is 202 Å². The Bertz CT molecular complexity index is 1420. The summed E-state index contributed by atoms with van der Waals surface area (Å²) in [7, 11) is -3.50. The molecule has 0 bridgehead atoms. The molecule has 1 aliphatic rings. The van der Waals surface area contributed by atoms with Gasteiger partial charge in [0.25, 0.3) is 0 Å². The first-order valence-corrected chi connectivity index (χ1v) is 13.4. The van der Waals surface area contributed by atoms with Crippen LogP contribution in [0.3, 0.4) is 0 Å². The van der Waals surface area contributed by atoms with Crippen LogP contribution in [0.15, 0.2) is 89.3 Å². The number of thiophene rings is 1. The fourth-order valence-electron chi connectivity index (χ4n) is 3.96. The first-order valence-electron chi connectivity index (χ1n) is 11.0. The molecule has 3 heterocycles. The summed E-state index contributed by atoms with van der Waals surface area (Å²) in [5, 5.41) is 6.74. The summed E-state index contributed by atoms with van der Waals surface area (Å²) in [4.78, 5) is 14.1. The second-order valence-corrected chi connectivity index (χ2v) is 10.9. The van der Waals surface area contributed by atoms with Crippen LogP contribution >= 0.6 is 11.3 Å². The summed E-state index contributed by atoms with van der Waals surface area (Å²) in [5.74, 6) is -0.199. The van der Waals surface area contributed by atoms with E-state index in [1.807, 2.05) is 54.0 Å². The van der Waals surface area contributed by atoms with Crippen molar-refractivity contribution in [2.75, 3.05) is 13.1 Å². The molecule has 2 aromatic heterocycles. The van der Waals surface area contributed by atoms with Crippen molar-refractivity contribution < 1.29 is 13.2 Å². The highest BCUT2D eigenvalue weighted by Crippen LogP contribution is 2.29. The van der Waals surface area contributed by atoms with Crippen molar-refractivity contribution in [1.29, 1.82) is 0 Å². The summed E-state index contributed by atoms with van der Waals surface area (Å²) in [6.45, 7) is 1.10. The smallest absolute Gasteiger partial charge is 0.243 e. The Hall–Kier alpha value is -3.33. The van der Waals surface area contributed by atoms with Gasteiger partial charge in [-0.05, 0) is 72.8 Å². The number of sulfonamides is 1. The Morgan fingerprint density at radius 2 is 1.68 bits per heavy atom. The summed E-state index contributed by atoms with van der Waals surface area (Å²) in [5.41, 5.74) is 2.99. The topological polar surface area (TPSA) is 72.3 Å². The lowest BCUT2D eigenvalue weighted by molar-refractivity contribution is 0.104. The third-order valence-electron chi connectivity index (χ3n) is 5.77. The quantitative estimate of drug-likeness (QED) is 0.262. The fraction of sp³-hybridized carbons (Fsp3) is 0.154. The van der Waals surface area contributed by atoms with E-state index in [2.05, 4.69) is 0 Å². The number of carbonyl (C=O) groups is 1. The van der Waals surface area contributed by atoms with Gasteiger partial charge in [0.15, 0.2) is 5.78 Å². The summed E-state index contributed by atoms with van der Waals surface area (Å²) >= 11 is 1.59. The molecule has 1 saturated heterocycles. The van der Waals surface area contributed by atoms with Gasteiger partial charge in [-0.15, -0.1) is 11.3 Å². The molecular weight excluding hydrogens is 466 g/mol. The molecule has 0 N–H and O–H groups in total. The molecule has 1 aliphatic heterocycles. The molecule has 0 amide bonds. The molecule has 0 radical (unpaired) electrons. The van der Waals surface area contributed by atoms with E-state index in [1.54, 1.807) is 34.2 Å². The summed E-state index contributed by atoms with van der Waals surface area (Å²) < 4.78 is 28.7. The van der Waals surface area contributed by atoms with E-state index < -0.39 is 10.0 Å². The van der Waals surface area contributed by atoms with Crippen LogP contribution in [0, 0.1) is 0 Å². The van der Waals surface area contributed by atoms with Gasteiger partial charge in [-0.25, -0.2) is 13.1 Å². The number of benzene rings is 2. The minimum atomic E-state index is -3.50. The number of nitrogens with zero attached hydrogens (tertiary/aromatic N) is 3. The second kappa shape index (κ2) is 9.50. The van der Waals surface area contributed by atoms with Crippen molar-refractivity contribution in [3.63, 3.8) is 0 Å². The third kappa shape index (κ3) is 4.52. The van der Waals surface area contributed by atoms with Crippen molar-refractivity contribution in [2.24, 2.45) is 0 Å². The summed E-state index contributed by atoms with van der Waals surface area (Å²) in [6.07, 6.45) is 6.94. The van der Waals surface area contributed by atoms with Crippen LogP contribution in [-0.4, -0.2) is 41.4 Å². The maximum absolute atomic E-state index is 12.8. The van der Waals surface area contributed by atoms with Crippen LogP contribution in [0.1, 0.15) is 28.8 Å². The third-order valence-corrected chi connectivity index (χ3v) is 8.56. The zero-order valence-corrected chi connectivity index (χ0v) is 20.0. The lowest BCUT2D eigenvalue weighted by atomic mass is 10.1. The lowest BCUT2D eigenvalue weighted by Crippen LogP contribution is -2.27. The predicted molar refractivity (Wildman–Crippen MR) is 135 cm³/mol. The molecular formula is C26H23N3O3S2. The Morgan fingerprint density at radius 1 is 0.941 bits per heavy atom. The van der Waals surface area contributed by atoms with Gasteiger partial charge in [0.1, 0.15) is 5.69 Å². The van der Waals surface area contributed by atoms with Gasteiger partial charge >= 0.3 is 0 Å². The normalized spacial score (nSPS) is 14.7. The number of rotatable bonds is 7. The van der Waals surface area contributed by atoms with Crippen molar-refractivity contribution in [1.82, 2.24) is 14.1 Å². The first kappa shape index (κ1) is 22.5. The zero-order chi connectivity index (χ0) is 23.5. The number of carbonyl (C=O) groups excluding carboxylic acids is 1. The molecule has 0 saturated carbocycles. The first-order chi connectivity index (χ1) is 16.5. The van der Waals surface area contributed by atoms with Crippen molar-refractivity contribution in [2.45, 2.75) is 17.7 Å². The van der Waals surface area contributed by atoms with Crippen LogP contribution in [0.2, 0.25) is 0 Å². The molecule has 4 aromatic rings. The highest BCUT2D eigenvalue weighted by Gasteiger charge is 2.27. The van der Waals surface area contributed by atoms with E-state index in [4.69, 9.17) is 5.10 Å². The molecule has 34 heavy (non-hydrogen) atoms. The monoisotopic (exact) mass is 489 g/mol. The Kier molecular flexibility index (Phi) is 6.28. The fourth-order valence-corrected chi connectivity index (χ4v) is 6.21. The van der Waals surface area contributed by atoms with Gasteiger partial charge in [0.2, 0.25) is 10.0 Å². The number of ketones is 1. The van der Waals surface area contributed by atoms with Gasteiger partial charge in [-0.2, -0.15) is 9.40 Å². The van der Waals surface area contributed by atoms with Crippen LogP contribution in [0.5, 0.6) is 0 Å². The molecule has 0 spiro atoms. The number of aromatic nitrogens is 2. The minimum absolute atomic E-state index is 0.199. The maximum Gasteiger partial charge on any atom is 0.243 e. The maximum atomic E-state index is 12.8. The number of hydrogen-bond donors (Lipinski definition) is 0. The SMILES string of the molecule is O=C(/C=C/c1cn(-c2ccccc2)nc1-c1cccs1)c1ccc(S(=O)(=O)N2CCCC2)cc1. The number of allylic oxidation sites excluding steroid dienone is 1. The van der Waals surface area contributed by atoms with E-state index in [-0.39, 0.29) is 10.7 Å². The number of para-hydroxylation sites is 1. The van der Waals surface area contributed by atoms with Gasteiger partial charge in [0, 0.05) is 30.4 Å². The lowest BCUT2D eigenvalue weighted by Gasteiger charge is -2.15. The molecule has 172 valence electrons. The standard InChI is InChI=1S/C26H23N3O3S2/c30-24(20-10-13-23(14-11-20)34(31,32)28-16-4-5-17-28)15-12-21-19-29(22-7-2-1-3-8-22)27-26(21)25-9-6-18-33-25/h1-3,6-15,18-19H,4-5,16-17H2/b15-12+. The molecule has 5 rings (SSSR count). The largest absolute Gasteiger partial charge is 0.289 e. The van der Waals surface area contributed by atoms with Crippen LogP contribution < -0.4 is 0 Å². The molecule has 6 nitrogen and oxygen atoms in total. The summed E-state index contributed by atoms with van der Waals surface area (Å²) in [6, 6.07) is 19.9. The molecule has 0 unspecified atom stereocenters. The van der Waals surface area contributed by atoms with E-state index in [0.29, 0.717) is 18.7 Å². The van der Waals surface area contributed by atoms with Crippen LogP contribution in [0.25, 0.3) is 22.3 Å². The highest BCUT2D eigenvalue weighted by molar-refractivity contribution is 7.89. The van der Waals surface area contributed by atoms with Crippen LogP contribution in [0.4, 0.5) is 0 Å². The molecule has 0 atom stereocenters. The van der Waals surface area contributed by atoms with Gasteiger partial charge in [0.05, 0.1) is 15.5 Å². The predicted octanol–water partition coefficient (Wildman–Crippen LogP) is 5.28. The van der Waals surface area contributed by atoms with Crippen LogP contribution in [-0.2, 0) is 10.0 Å². The van der Waals surface area contributed by atoms with E-state index in [0.717, 1.165) is 34.7 Å². The zero-order valence-electron chi connectivity index (χ0n) is 18.4. The Morgan fingerprint density at radius 3 is 2.35 bits per heavy atom. The second-order valence-electron chi connectivity index (χ2n) is 8.02. The highest BCUT2D eigenvalue weighted by atomic mass is 32.2. The van der Waals surface area contributed by atoms with Gasteiger partial charge in [-0.3, -0.25) is 4.79 Å². The van der Waals surface area contributed by atoms with Crippen molar-refractivity contribution in [3.05, 3.63) is 95.5 Å². The Balaban J connectivity index is 1.39. The van der Waals surface area contributed by atoms with Gasteiger partial charge in [-0.1, -0.05) is 24.3 Å². The molecule has 0 aliphatic carbocycles. The average molecular weight is 490 g/mol. The molecule has 2 aromatic carbocycles. The van der Waals surface area contributed by atoms with E-state index in [9.17, 15) is 13.2 Å². The van der Waals surface area contributed by atoms with Gasteiger partial charge < -0.3 is 0 Å². The minimum Gasteiger partial charge on any atom is -0.289 e. The number of hydrogen-bond acceptors (Lipinski definition) is 5. The average Bonchev–Trinajstić information content (AvgIpc) is 3.65. The van der Waals surface area contributed by atoms with E-state index in [1.165, 1.54) is 22.5 Å². The van der Waals surface area contributed by atoms with Crippen molar-refractivity contribution in [3.8, 4) is 16.3 Å². The van der Waals surface area contributed by atoms with Crippen molar-refractivity contribution >= 4 is 33.2 Å². The molecule has 8 heteroatoms.